The minimum Gasteiger partial charge on any atom is -0.453 e. The third kappa shape index (κ3) is 3.75. The summed E-state index contributed by atoms with van der Waals surface area (Å²) in [5, 5.41) is 1.26. The predicted octanol–water partition coefficient (Wildman–Crippen LogP) is 1.82. The van der Waals surface area contributed by atoms with Crippen LogP contribution in [0, 0.1) is 6.92 Å². The topological polar surface area (TPSA) is 41.8 Å². The van der Waals surface area contributed by atoms with Gasteiger partial charge in [-0.15, -0.1) is 9.24 Å². The summed E-state index contributed by atoms with van der Waals surface area (Å²) in [5.74, 6) is 2.35. The number of nitrogens with one attached hydrogen (secondary N) is 1. The van der Waals surface area contributed by atoms with Gasteiger partial charge in [0.2, 0.25) is 0 Å². The highest BCUT2D eigenvalue weighted by molar-refractivity contribution is 7.27. The maximum Gasteiger partial charge on any atom is 0.174 e. The van der Waals surface area contributed by atoms with Gasteiger partial charge in [-0.05, 0) is 30.4 Å². The van der Waals surface area contributed by atoms with E-state index in [0.29, 0.717) is 0 Å². The van der Waals surface area contributed by atoms with Gasteiger partial charge in [0.25, 0.3) is 0 Å². The molecule has 3 nitrogen and oxygen atoms in total. The van der Waals surface area contributed by atoms with Crippen LogP contribution in [0.3, 0.4) is 0 Å². The number of aromatic amines is 1. The summed E-state index contributed by atoms with van der Waals surface area (Å²) in [4.78, 5) is 8.15. The fourth-order valence-corrected chi connectivity index (χ4v) is 3.45. The van der Waals surface area contributed by atoms with Crippen LogP contribution in [0.25, 0.3) is 34.2 Å². The molecule has 28 heavy (non-hydrogen) atoms. The van der Waals surface area contributed by atoms with Crippen molar-refractivity contribution in [1.82, 2.24) is 9.97 Å². The first-order chi connectivity index (χ1) is 13.3. The van der Waals surface area contributed by atoms with Crippen LogP contribution in [0.5, 0.6) is 0 Å². The monoisotopic (exact) mass is 382 g/mol. The largest absolute Gasteiger partial charge is 0.453 e. The molecule has 2 aromatic carbocycles. The summed E-state index contributed by atoms with van der Waals surface area (Å²) >= 11 is 0. The van der Waals surface area contributed by atoms with E-state index in [4.69, 9.17) is 9.40 Å². The molecule has 2 aromatic heterocycles. The molecule has 0 bridgehead atoms. The molecule has 0 aliphatic heterocycles. The van der Waals surface area contributed by atoms with Crippen molar-refractivity contribution < 1.29 is 4.42 Å². The molecule has 4 aromatic rings. The zero-order chi connectivity index (χ0) is 19.9. The number of hydrogen-bond acceptors (Lipinski definition) is 2. The van der Waals surface area contributed by atoms with Gasteiger partial charge in [0, 0.05) is 16.8 Å². The number of hydrogen-bond donors (Lipinski definition) is 1. The number of aromatic nitrogens is 2. The van der Waals surface area contributed by atoms with E-state index >= 15 is 0 Å². The second kappa shape index (κ2) is 7.18. The van der Waals surface area contributed by atoms with E-state index in [9.17, 15) is 0 Å². The van der Waals surface area contributed by atoms with E-state index in [0.717, 1.165) is 45.2 Å². The fourth-order valence-electron chi connectivity index (χ4n) is 3.26. The van der Waals surface area contributed by atoms with Gasteiger partial charge in [0.15, 0.2) is 11.6 Å². The number of rotatable bonds is 4. The quantitative estimate of drug-likeness (QED) is 0.433. The lowest BCUT2D eigenvalue weighted by Gasteiger charge is -2.19. The second-order valence-electron chi connectivity index (χ2n) is 8.18. The zero-order valence-electron chi connectivity index (χ0n) is 16.7. The van der Waals surface area contributed by atoms with Gasteiger partial charge in [-0.3, -0.25) is 0 Å². The number of imidazole rings is 1. The number of benzene rings is 2. The first-order valence-corrected chi connectivity index (χ1v) is 10.0. The molecule has 1 N–H and O–H groups in total. The minimum atomic E-state index is 0.102. The molecule has 0 aliphatic carbocycles. The minimum absolute atomic E-state index is 0.102. The van der Waals surface area contributed by atoms with E-state index < -0.39 is 0 Å². The zero-order valence-corrected chi connectivity index (χ0v) is 17.9. The molecule has 136 valence electrons. The Kier molecular flexibility index (Phi) is 4.85. The maximum atomic E-state index is 6.15. The molecule has 4 rings (SSSR count). The summed E-state index contributed by atoms with van der Waals surface area (Å²) in [6, 6.07) is 20.8. The fraction of sp³-hybridized carbons (Fsp3) is 0.0952. The Hall–Kier alpha value is -2.45. The van der Waals surface area contributed by atoms with Crippen LogP contribution in [-0.4, -0.2) is 33.5 Å². The maximum absolute atomic E-state index is 6.15. The molecule has 7 heteroatoms. The van der Waals surface area contributed by atoms with E-state index in [1.54, 1.807) is 0 Å². The van der Waals surface area contributed by atoms with Crippen molar-refractivity contribution in [3.63, 3.8) is 0 Å². The molecular formula is C21H22B3N2OP. The Morgan fingerprint density at radius 3 is 2.36 bits per heavy atom. The van der Waals surface area contributed by atoms with E-state index in [-0.39, 0.29) is 5.11 Å². The molecule has 1 atom stereocenters. The number of aryl methyl sites for hydroxylation is 1. The summed E-state index contributed by atoms with van der Waals surface area (Å²) in [7, 11) is 9.36. The highest BCUT2D eigenvalue weighted by Crippen LogP contribution is 2.31. The lowest BCUT2D eigenvalue weighted by Crippen LogP contribution is -2.26. The highest BCUT2D eigenvalue weighted by Gasteiger charge is 2.17. The van der Waals surface area contributed by atoms with Gasteiger partial charge in [0.05, 0.1) is 29.2 Å². The molecule has 2 heterocycles. The SMILES string of the molecule is BC(B)(B)c1cccc(-c2ccc(-c3nc(-c4ccc(P)cc4)c(C)[nH]3)o2)c1. The van der Waals surface area contributed by atoms with Gasteiger partial charge in [-0.1, -0.05) is 53.1 Å². The Bertz CT molecular complexity index is 1130. The molecule has 1 unspecified atom stereocenters. The van der Waals surface area contributed by atoms with Gasteiger partial charge < -0.3 is 9.40 Å². The van der Waals surface area contributed by atoms with Crippen LogP contribution < -0.4 is 5.30 Å². The summed E-state index contributed by atoms with van der Waals surface area (Å²) < 4.78 is 6.15. The van der Waals surface area contributed by atoms with Crippen molar-refractivity contribution >= 4 is 38.1 Å². The third-order valence-electron chi connectivity index (χ3n) is 4.92. The molecule has 0 radical (unpaired) electrons. The molecule has 0 amide bonds. The number of H-pyrrole nitrogens is 1. The molecule has 0 saturated carbocycles. The Morgan fingerprint density at radius 1 is 0.929 bits per heavy atom. The molecular weight excluding hydrogens is 360 g/mol. The van der Waals surface area contributed by atoms with Crippen LogP contribution >= 0.6 is 9.24 Å². The van der Waals surface area contributed by atoms with Crippen LogP contribution in [-0.2, 0) is 5.11 Å². The number of furan rings is 1. The van der Waals surface area contributed by atoms with Crippen molar-refractivity contribution in [2.24, 2.45) is 0 Å². The lowest BCUT2D eigenvalue weighted by molar-refractivity contribution is 0.593. The van der Waals surface area contributed by atoms with Gasteiger partial charge in [-0.25, -0.2) is 4.98 Å². The standard InChI is InChI=1S/C21H22B3N2OP/c1-12-19(13-5-7-16(28)8-6-13)26-20(25-12)18-10-9-17(27-18)14-3-2-4-15(11-14)21(22,23)24/h2-11H,22-24,28H2,1H3,(H,25,26). The predicted molar refractivity (Wildman–Crippen MR) is 129 cm³/mol. The summed E-state index contributed by atoms with van der Waals surface area (Å²) in [6.45, 7) is 2.04. The van der Waals surface area contributed by atoms with Crippen LogP contribution in [0.4, 0.5) is 0 Å². The third-order valence-corrected chi connectivity index (χ3v) is 5.31. The molecule has 0 fully saturated rings. The van der Waals surface area contributed by atoms with Gasteiger partial charge in [0.1, 0.15) is 5.76 Å². The van der Waals surface area contributed by atoms with E-state index in [1.165, 1.54) is 5.56 Å². The van der Waals surface area contributed by atoms with Crippen molar-refractivity contribution in [1.29, 1.82) is 0 Å². The molecule has 0 aliphatic rings. The Balaban J connectivity index is 1.67. The first-order valence-electron chi connectivity index (χ1n) is 9.45. The smallest absolute Gasteiger partial charge is 0.174 e. The van der Waals surface area contributed by atoms with Crippen molar-refractivity contribution in [3.8, 4) is 34.2 Å². The van der Waals surface area contributed by atoms with E-state index in [1.807, 2.05) is 19.1 Å². The Morgan fingerprint density at radius 2 is 1.64 bits per heavy atom. The number of nitrogens with zero attached hydrogens (tertiary/aromatic N) is 1. The summed E-state index contributed by atoms with van der Waals surface area (Å²) in [5.41, 5.74) is 5.44. The second-order valence-corrected chi connectivity index (χ2v) is 8.84. The highest BCUT2D eigenvalue weighted by atomic mass is 31.0. The van der Waals surface area contributed by atoms with Crippen molar-refractivity contribution in [2.45, 2.75) is 12.0 Å². The van der Waals surface area contributed by atoms with Crippen molar-refractivity contribution in [3.05, 3.63) is 71.9 Å². The summed E-state index contributed by atoms with van der Waals surface area (Å²) in [6.07, 6.45) is 0. The van der Waals surface area contributed by atoms with Crippen LogP contribution in [0.15, 0.2) is 65.1 Å². The van der Waals surface area contributed by atoms with E-state index in [2.05, 4.69) is 86.3 Å². The average Bonchev–Trinajstić information content (AvgIpc) is 3.29. The average molecular weight is 382 g/mol. The molecule has 0 spiro atoms. The van der Waals surface area contributed by atoms with Crippen LogP contribution in [0.2, 0.25) is 0 Å². The molecule has 0 saturated heterocycles. The lowest BCUT2D eigenvalue weighted by atomic mass is 9.40. The van der Waals surface area contributed by atoms with Gasteiger partial charge in [-0.2, -0.15) is 0 Å². The van der Waals surface area contributed by atoms with Crippen LogP contribution in [0.1, 0.15) is 11.3 Å². The van der Waals surface area contributed by atoms with Crippen molar-refractivity contribution in [2.75, 3.05) is 0 Å². The Labute approximate surface area is 170 Å². The first kappa shape index (κ1) is 18.9. The normalized spacial score (nSPS) is 11.6. The van der Waals surface area contributed by atoms with Gasteiger partial charge >= 0.3 is 0 Å².